The Balaban J connectivity index is 1.90. The Morgan fingerprint density at radius 3 is 2.47 bits per heavy atom. The van der Waals surface area contributed by atoms with Gasteiger partial charge in [-0.3, -0.25) is 19.1 Å². The number of carbonyl (C=O) groups is 1. The molecule has 1 aliphatic rings. The first-order valence-corrected chi connectivity index (χ1v) is 14.0. The number of halogens is 2. The lowest BCUT2D eigenvalue weighted by molar-refractivity contribution is -0.192. The van der Waals surface area contributed by atoms with Crippen LogP contribution < -0.4 is 20.9 Å². The molecule has 1 unspecified atom stereocenters. The molecule has 2 heterocycles. The molecule has 4 N–H and O–H groups in total. The van der Waals surface area contributed by atoms with E-state index in [1.807, 2.05) is 4.98 Å². The highest BCUT2D eigenvalue weighted by Crippen LogP contribution is 2.49. The third kappa shape index (κ3) is 6.72. The van der Waals surface area contributed by atoms with Crippen LogP contribution >= 0.6 is 6.64 Å². The van der Waals surface area contributed by atoms with Crippen LogP contribution in [0.1, 0.15) is 27.0 Å². The number of benzene rings is 1. The van der Waals surface area contributed by atoms with Crippen LogP contribution in [0, 0.1) is 0 Å². The maximum absolute atomic E-state index is 14.4. The average molecular weight is 580 g/mol. The molecular formula is C22H28F2N3O9PS. The number of nitrogens with one attached hydrogen (secondary N) is 2. The van der Waals surface area contributed by atoms with Crippen LogP contribution in [0.4, 0.5) is 8.78 Å². The smallest absolute Gasteiger partial charge is 0.330 e. The largest absolute Gasteiger partial charge is 0.462 e. The van der Waals surface area contributed by atoms with Gasteiger partial charge in [-0.1, -0.05) is 18.2 Å². The number of para-hydroxylation sites is 1. The summed E-state index contributed by atoms with van der Waals surface area (Å²) in [5.74, 6) is -0.507. The molecule has 0 amide bonds. The lowest BCUT2D eigenvalue weighted by Gasteiger charge is -2.34. The van der Waals surface area contributed by atoms with Crippen molar-refractivity contribution in [1.82, 2.24) is 14.6 Å². The molecule has 0 bridgehead atoms. The molecule has 2 aromatic rings. The maximum Gasteiger partial charge on any atom is 0.330 e. The number of H-pyrrole nitrogens is 1. The molecule has 0 saturated carbocycles. The predicted octanol–water partition coefficient (Wildman–Crippen LogP) is 1.04. The normalized spacial score (nSPS) is 25.8. The number of ether oxygens (including phenoxy) is 2. The highest BCUT2D eigenvalue weighted by Gasteiger charge is 2.61. The van der Waals surface area contributed by atoms with Gasteiger partial charge in [-0.05, 0) is 44.7 Å². The summed E-state index contributed by atoms with van der Waals surface area (Å²) in [6.45, 7) is -0.247. The van der Waals surface area contributed by atoms with Gasteiger partial charge in [0.1, 0.15) is 24.0 Å². The lowest BCUT2D eigenvalue weighted by atomic mass is 9.96. The molecule has 38 heavy (non-hydrogen) atoms. The summed E-state index contributed by atoms with van der Waals surface area (Å²) in [7, 11) is 0. The zero-order chi connectivity index (χ0) is 28.3. The predicted molar refractivity (Wildman–Crippen MR) is 133 cm³/mol. The molecule has 0 spiro atoms. The number of rotatable bonds is 11. The van der Waals surface area contributed by atoms with Crippen molar-refractivity contribution >= 4 is 24.4 Å². The number of aromatic amines is 1. The molecule has 12 nitrogen and oxygen atoms in total. The SMILES string of the molecule is CC(C)OC(=O)[C@H](C)NP(=S)(OC[C@@]1(C(F)F)O[C@@H](n2ccc(=O)[nH]c2=O)[C@H](O)[C@@H]1O)Oc1ccccc1. The van der Waals surface area contributed by atoms with E-state index in [1.54, 1.807) is 32.0 Å². The van der Waals surface area contributed by atoms with Gasteiger partial charge < -0.3 is 28.7 Å². The van der Waals surface area contributed by atoms with Crippen molar-refractivity contribution in [2.24, 2.45) is 0 Å². The summed E-state index contributed by atoms with van der Waals surface area (Å²) in [5.41, 5.74) is -4.69. The van der Waals surface area contributed by atoms with E-state index < -0.39 is 73.1 Å². The van der Waals surface area contributed by atoms with E-state index in [0.29, 0.717) is 4.57 Å². The first kappa shape index (κ1) is 30.0. The van der Waals surface area contributed by atoms with Gasteiger partial charge in [0.15, 0.2) is 11.8 Å². The quantitative estimate of drug-likeness (QED) is 0.222. The van der Waals surface area contributed by atoms with E-state index in [-0.39, 0.29) is 5.75 Å². The van der Waals surface area contributed by atoms with Crippen LogP contribution in [0.2, 0.25) is 0 Å². The van der Waals surface area contributed by atoms with Gasteiger partial charge in [-0.25, -0.2) is 18.7 Å². The second-order valence-corrected chi connectivity index (χ2v) is 11.9. The Labute approximate surface area is 220 Å². The van der Waals surface area contributed by atoms with E-state index in [2.05, 4.69) is 5.09 Å². The molecule has 0 radical (unpaired) electrons. The van der Waals surface area contributed by atoms with Gasteiger partial charge in [0.2, 0.25) is 0 Å². The Bertz CT molecular complexity index is 1280. The van der Waals surface area contributed by atoms with Crippen molar-refractivity contribution in [3.63, 3.8) is 0 Å². The molecule has 1 fully saturated rings. The third-order valence-electron chi connectivity index (χ3n) is 5.44. The summed E-state index contributed by atoms with van der Waals surface area (Å²) < 4.78 is 51.4. The molecule has 3 rings (SSSR count). The standard InChI is InChI=1S/C22H28F2N3O9PS/c1-12(2)34-19(31)13(3)26-37(38,36-14-7-5-4-6-8-14)33-11-22(20(23)24)17(30)16(29)18(35-22)27-10-9-15(28)25-21(27)32/h4-10,12-13,16-18,20,29-30H,11H2,1-3H3,(H,26,38)(H,25,28,32)/t13-,16+,17-,18+,22+,37?/m0/s1. The number of nitrogens with zero attached hydrogens (tertiary/aromatic N) is 1. The van der Waals surface area contributed by atoms with Crippen molar-refractivity contribution in [3.8, 4) is 5.75 Å². The number of aliphatic hydroxyl groups excluding tert-OH is 2. The third-order valence-corrected chi connectivity index (χ3v) is 7.92. The second-order valence-electron chi connectivity index (χ2n) is 8.73. The lowest BCUT2D eigenvalue weighted by Crippen LogP contribution is -2.53. The molecular weight excluding hydrogens is 551 g/mol. The van der Waals surface area contributed by atoms with Crippen molar-refractivity contribution < 1.29 is 42.3 Å². The number of aromatic nitrogens is 2. The first-order chi connectivity index (χ1) is 17.8. The molecule has 210 valence electrons. The maximum atomic E-state index is 14.4. The number of hydrogen-bond acceptors (Lipinski definition) is 10. The fourth-order valence-electron chi connectivity index (χ4n) is 3.54. The van der Waals surface area contributed by atoms with E-state index in [4.69, 9.17) is 30.3 Å². The minimum absolute atomic E-state index is 0.199. The minimum atomic E-state index is -3.82. The van der Waals surface area contributed by atoms with E-state index in [0.717, 1.165) is 12.3 Å². The molecule has 1 aliphatic heterocycles. The highest BCUT2D eigenvalue weighted by atomic mass is 32.5. The van der Waals surface area contributed by atoms with Crippen molar-refractivity contribution in [2.75, 3.05) is 6.61 Å². The summed E-state index contributed by atoms with van der Waals surface area (Å²) in [6.07, 6.45) is -9.03. The van der Waals surface area contributed by atoms with Crippen LogP contribution in [0.15, 0.2) is 52.2 Å². The van der Waals surface area contributed by atoms with Crippen LogP contribution in [-0.2, 0) is 30.6 Å². The Hall–Kier alpha value is -2.52. The Morgan fingerprint density at radius 2 is 1.89 bits per heavy atom. The topological polar surface area (TPSA) is 161 Å². The van der Waals surface area contributed by atoms with Gasteiger partial charge in [-0.15, -0.1) is 0 Å². The molecule has 1 saturated heterocycles. The number of hydrogen-bond donors (Lipinski definition) is 4. The molecule has 16 heteroatoms. The fraction of sp³-hybridized carbons (Fsp3) is 0.500. The Morgan fingerprint density at radius 1 is 1.24 bits per heavy atom. The van der Waals surface area contributed by atoms with E-state index in [1.165, 1.54) is 19.1 Å². The summed E-state index contributed by atoms with van der Waals surface area (Å²) in [4.78, 5) is 37.8. The van der Waals surface area contributed by atoms with Crippen molar-refractivity contribution in [2.45, 2.75) is 63.4 Å². The fourth-order valence-corrected chi connectivity index (χ4v) is 5.96. The summed E-state index contributed by atoms with van der Waals surface area (Å²) in [6, 6.07) is 7.82. The van der Waals surface area contributed by atoms with Crippen LogP contribution in [0.25, 0.3) is 0 Å². The number of aliphatic hydroxyl groups is 2. The number of carbonyl (C=O) groups excluding carboxylic acids is 1. The van der Waals surface area contributed by atoms with Crippen LogP contribution in [0.3, 0.4) is 0 Å². The number of alkyl halides is 2. The molecule has 0 aliphatic carbocycles. The van der Waals surface area contributed by atoms with E-state index >= 15 is 0 Å². The highest BCUT2D eigenvalue weighted by molar-refractivity contribution is 8.09. The monoisotopic (exact) mass is 579 g/mol. The number of esters is 1. The van der Waals surface area contributed by atoms with Gasteiger partial charge in [-0.2, -0.15) is 0 Å². The second kappa shape index (κ2) is 12.1. The van der Waals surface area contributed by atoms with Gasteiger partial charge in [0.25, 0.3) is 12.0 Å². The average Bonchev–Trinajstić information content (AvgIpc) is 3.09. The van der Waals surface area contributed by atoms with E-state index in [9.17, 15) is 33.4 Å². The first-order valence-electron chi connectivity index (χ1n) is 11.4. The van der Waals surface area contributed by atoms with Crippen molar-refractivity contribution in [3.05, 3.63) is 63.4 Å². The van der Waals surface area contributed by atoms with Gasteiger partial charge in [0.05, 0.1) is 12.7 Å². The Kier molecular flexibility index (Phi) is 9.57. The van der Waals surface area contributed by atoms with Crippen LogP contribution in [-0.4, -0.2) is 68.7 Å². The summed E-state index contributed by atoms with van der Waals surface area (Å²) >= 11 is 5.50. The molecule has 1 aromatic carbocycles. The molecule has 6 atom stereocenters. The summed E-state index contributed by atoms with van der Waals surface area (Å²) in [5, 5.41) is 23.8. The zero-order valence-electron chi connectivity index (χ0n) is 20.5. The van der Waals surface area contributed by atoms with Gasteiger partial charge >= 0.3 is 18.3 Å². The van der Waals surface area contributed by atoms with Gasteiger partial charge in [0, 0.05) is 12.3 Å². The minimum Gasteiger partial charge on any atom is -0.462 e. The van der Waals surface area contributed by atoms with Crippen LogP contribution in [0.5, 0.6) is 5.75 Å². The molecule has 1 aromatic heterocycles. The zero-order valence-corrected chi connectivity index (χ0v) is 22.2. The van der Waals surface area contributed by atoms with Crippen molar-refractivity contribution in [1.29, 1.82) is 0 Å².